The van der Waals surface area contributed by atoms with E-state index in [2.05, 4.69) is 26.2 Å². The van der Waals surface area contributed by atoms with Gasteiger partial charge in [-0.25, -0.2) is 0 Å². The first-order valence-corrected chi connectivity index (χ1v) is 9.76. The maximum atomic E-state index is 13.0. The lowest BCUT2D eigenvalue weighted by atomic mass is 9.93. The van der Waals surface area contributed by atoms with Crippen LogP contribution in [0.25, 0.3) is 5.69 Å². The lowest BCUT2D eigenvalue weighted by molar-refractivity contribution is -0.133. The molecule has 1 aromatic heterocycles. The second-order valence-electron chi connectivity index (χ2n) is 7.02. The summed E-state index contributed by atoms with van der Waals surface area (Å²) in [6, 6.07) is 9.34. The normalized spacial score (nSPS) is 15.2. The van der Waals surface area contributed by atoms with Gasteiger partial charge in [0.15, 0.2) is 0 Å². The van der Waals surface area contributed by atoms with Crippen LogP contribution in [0.5, 0.6) is 0 Å². The largest absolute Gasteiger partial charge is 0.341 e. The first kappa shape index (κ1) is 25.1. The molecular weight excluding hydrogens is 413 g/mol. The van der Waals surface area contributed by atoms with E-state index in [0.717, 1.165) is 38.2 Å². The molecule has 2 heterocycles. The lowest BCUT2D eigenvalue weighted by Crippen LogP contribution is -2.46. The van der Waals surface area contributed by atoms with E-state index in [4.69, 9.17) is 0 Å². The Hall–Kier alpha value is -1.90. The highest BCUT2D eigenvalue weighted by molar-refractivity contribution is 5.85. The summed E-state index contributed by atoms with van der Waals surface area (Å²) in [7, 11) is 1.99. The Bertz CT molecular complexity index is 720. The summed E-state index contributed by atoms with van der Waals surface area (Å²) in [5.41, 5.74) is 0.859. The maximum Gasteiger partial charge on any atom is 0.248 e. The third kappa shape index (κ3) is 6.55. The van der Waals surface area contributed by atoms with Crippen LogP contribution in [0.2, 0.25) is 0 Å². The molecule has 1 fully saturated rings. The summed E-state index contributed by atoms with van der Waals surface area (Å²) in [5.74, 6) is 1.33. The quantitative estimate of drug-likeness (QED) is 0.651. The second kappa shape index (κ2) is 12.6. The van der Waals surface area contributed by atoms with Crippen LogP contribution in [0, 0.1) is 5.92 Å². The molecule has 1 atom stereocenters. The van der Waals surface area contributed by atoms with Crippen LogP contribution in [-0.4, -0.2) is 63.7 Å². The number of hydrogen-bond donors (Lipinski definition) is 2. The molecule has 8 nitrogen and oxygen atoms in total. The Balaban J connectivity index is 0.00000210. The van der Waals surface area contributed by atoms with Crippen molar-refractivity contribution >= 4 is 36.7 Å². The van der Waals surface area contributed by atoms with E-state index in [1.54, 1.807) is 4.68 Å². The van der Waals surface area contributed by atoms with Gasteiger partial charge in [0, 0.05) is 13.1 Å². The summed E-state index contributed by atoms with van der Waals surface area (Å²) in [5, 5.41) is 18.3. The molecule has 1 saturated heterocycles. The van der Waals surface area contributed by atoms with E-state index in [0.29, 0.717) is 18.3 Å². The third-order valence-corrected chi connectivity index (χ3v) is 5.21. The number of para-hydroxylation sites is 1. The van der Waals surface area contributed by atoms with E-state index in [9.17, 15) is 4.79 Å². The van der Waals surface area contributed by atoms with Gasteiger partial charge in [-0.2, -0.15) is 4.68 Å². The number of benzene rings is 1. The van der Waals surface area contributed by atoms with Crippen molar-refractivity contribution in [1.29, 1.82) is 0 Å². The molecule has 2 N–H and O–H groups in total. The number of halogens is 2. The highest BCUT2D eigenvalue weighted by atomic mass is 35.5. The Morgan fingerprint density at radius 2 is 1.90 bits per heavy atom. The van der Waals surface area contributed by atoms with Crippen LogP contribution >= 0.6 is 24.8 Å². The molecule has 162 valence electrons. The van der Waals surface area contributed by atoms with Crippen molar-refractivity contribution in [2.24, 2.45) is 5.92 Å². The van der Waals surface area contributed by atoms with Gasteiger partial charge in [0.2, 0.25) is 11.9 Å². The zero-order chi connectivity index (χ0) is 19.1. The van der Waals surface area contributed by atoms with Gasteiger partial charge in [0.05, 0.1) is 5.69 Å². The molecule has 1 unspecified atom stereocenters. The Morgan fingerprint density at radius 1 is 1.21 bits per heavy atom. The van der Waals surface area contributed by atoms with Gasteiger partial charge in [-0.05, 0) is 67.8 Å². The van der Waals surface area contributed by atoms with Crippen molar-refractivity contribution in [1.82, 2.24) is 30.4 Å². The van der Waals surface area contributed by atoms with Crippen molar-refractivity contribution in [2.45, 2.75) is 38.6 Å². The number of anilines is 1. The Kier molecular flexibility index (Phi) is 10.9. The van der Waals surface area contributed by atoms with Crippen molar-refractivity contribution < 1.29 is 4.79 Å². The van der Waals surface area contributed by atoms with Gasteiger partial charge >= 0.3 is 0 Å². The average Bonchev–Trinajstić information content (AvgIpc) is 3.19. The predicted octanol–water partition coefficient (Wildman–Crippen LogP) is 2.54. The summed E-state index contributed by atoms with van der Waals surface area (Å²) >= 11 is 0. The minimum atomic E-state index is -0.327. The zero-order valence-corrected chi connectivity index (χ0v) is 18.6. The topological polar surface area (TPSA) is 88.0 Å². The molecule has 0 saturated carbocycles. The summed E-state index contributed by atoms with van der Waals surface area (Å²) in [6.07, 6.45) is 4.01. The number of likely N-dealkylation sites (tertiary alicyclic amines) is 1. The second-order valence-corrected chi connectivity index (χ2v) is 7.02. The first-order valence-electron chi connectivity index (χ1n) is 9.76. The minimum absolute atomic E-state index is 0. The molecule has 29 heavy (non-hydrogen) atoms. The summed E-state index contributed by atoms with van der Waals surface area (Å²) in [4.78, 5) is 15.0. The van der Waals surface area contributed by atoms with Gasteiger partial charge in [-0.1, -0.05) is 30.2 Å². The first-order chi connectivity index (χ1) is 13.2. The molecule has 2 aromatic rings. The number of carbonyl (C=O) groups is 1. The SMILES string of the molecule is CCC(Nc1nnnn1-c1ccccc1)C(=O)N1CCC(CCNC)CC1.Cl.Cl. The summed E-state index contributed by atoms with van der Waals surface area (Å²) < 4.78 is 1.62. The molecule has 1 amide bonds. The monoisotopic (exact) mass is 443 g/mol. The fraction of sp³-hybridized carbons (Fsp3) is 0.579. The number of piperidine rings is 1. The fourth-order valence-electron chi connectivity index (χ4n) is 3.53. The molecule has 0 bridgehead atoms. The predicted molar refractivity (Wildman–Crippen MR) is 119 cm³/mol. The number of hydrogen-bond acceptors (Lipinski definition) is 6. The van der Waals surface area contributed by atoms with E-state index < -0.39 is 0 Å². The van der Waals surface area contributed by atoms with Crippen LogP contribution in [-0.2, 0) is 4.79 Å². The molecular formula is C19H31Cl2N7O. The maximum absolute atomic E-state index is 13.0. The van der Waals surface area contributed by atoms with Gasteiger partial charge in [0.25, 0.3) is 0 Å². The smallest absolute Gasteiger partial charge is 0.248 e. The number of rotatable bonds is 8. The average molecular weight is 444 g/mol. The third-order valence-electron chi connectivity index (χ3n) is 5.21. The number of carbonyl (C=O) groups excluding carboxylic acids is 1. The van der Waals surface area contributed by atoms with Crippen molar-refractivity contribution in [3.8, 4) is 5.69 Å². The minimum Gasteiger partial charge on any atom is -0.341 e. The highest BCUT2D eigenvalue weighted by Crippen LogP contribution is 2.21. The number of nitrogens with zero attached hydrogens (tertiary/aromatic N) is 5. The van der Waals surface area contributed by atoms with Crippen LogP contribution in [0.15, 0.2) is 30.3 Å². The molecule has 0 aliphatic carbocycles. The number of amides is 1. The molecule has 0 radical (unpaired) electrons. The van der Waals surface area contributed by atoms with E-state index >= 15 is 0 Å². The molecule has 0 spiro atoms. The standard InChI is InChI=1S/C19H29N7O.2ClH/c1-3-17(18(27)25-13-10-15(11-14-25)9-12-20-2)21-19-22-23-24-26(19)16-7-5-4-6-8-16;;/h4-8,15,17,20H,3,9-14H2,1-2H3,(H,21,22,24);2*1H. The fourth-order valence-corrected chi connectivity index (χ4v) is 3.53. The van der Waals surface area contributed by atoms with E-state index in [1.807, 2.05) is 49.2 Å². The van der Waals surface area contributed by atoms with E-state index in [-0.39, 0.29) is 36.8 Å². The highest BCUT2D eigenvalue weighted by Gasteiger charge is 2.28. The molecule has 1 aromatic carbocycles. The summed E-state index contributed by atoms with van der Waals surface area (Å²) in [6.45, 7) is 4.70. The van der Waals surface area contributed by atoms with Crippen LogP contribution < -0.4 is 10.6 Å². The molecule has 1 aliphatic rings. The van der Waals surface area contributed by atoms with Crippen LogP contribution in [0.1, 0.15) is 32.6 Å². The zero-order valence-electron chi connectivity index (χ0n) is 17.0. The lowest BCUT2D eigenvalue weighted by Gasteiger charge is -2.34. The van der Waals surface area contributed by atoms with Gasteiger partial charge in [-0.15, -0.1) is 24.8 Å². The molecule has 1 aliphatic heterocycles. The van der Waals surface area contributed by atoms with Crippen LogP contribution in [0.4, 0.5) is 5.95 Å². The molecule has 10 heteroatoms. The number of nitrogens with one attached hydrogen (secondary N) is 2. The number of aromatic nitrogens is 4. The van der Waals surface area contributed by atoms with Gasteiger partial charge in [-0.3, -0.25) is 4.79 Å². The number of tetrazole rings is 1. The Morgan fingerprint density at radius 3 is 2.52 bits per heavy atom. The van der Waals surface area contributed by atoms with E-state index in [1.165, 1.54) is 6.42 Å². The Labute approximate surface area is 184 Å². The van der Waals surface area contributed by atoms with Gasteiger partial charge < -0.3 is 15.5 Å². The van der Waals surface area contributed by atoms with Crippen molar-refractivity contribution in [3.05, 3.63) is 30.3 Å². The van der Waals surface area contributed by atoms with Crippen LogP contribution in [0.3, 0.4) is 0 Å². The molecule has 3 rings (SSSR count). The van der Waals surface area contributed by atoms with Crippen molar-refractivity contribution in [3.63, 3.8) is 0 Å². The van der Waals surface area contributed by atoms with Gasteiger partial charge in [0.1, 0.15) is 6.04 Å². The van der Waals surface area contributed by atoms with Crippen molar-refractivity contribution in [2.75, 3.05) is 32.0 Å².